The third-order valence-corrected chi connectivity index (χ3v) is 4.13. The van der Waals surface area contributed by atoms with Crippen molar-refractivity contribution in [3.05, 3.63) is 83.4 Å². The molecule has 0 atom stereocenters. The summed E-state index contributed by atoms with van der Waals surface area (Å²) in [5.74, 6) is -0.323. The number of phenolic OH excluding ortho intramolecular Hbond substituents is 1. The Bertz CT molecular complexity index is 955. The molecule has 3 rings (SSSR count). The van der Waals surface area contributed by atoms with Gasteiger partial charge in [0.2, 0.25) is 0 Å². The minimum atomic E-state index is -0.927. The fourth-order valence-corrected chi connectivity index (χ4v) is 2.69. The molecule has 136 valence electrons. The number of benzene rings is 3. The number of hydrogen-bond acceptors (Lipinski definition) is 3. The van der Waals surface area contributed by atoms with Crippen molar-refractivity contribution in [1.82, 2.24) is 0 Å². The van der Waals surface area contributed by atoms with Crippen LogP contribution in [0.15, 0.2) is 66.7 Å². The first-order valence-electron chi connectivity index (χ1n) is 8.64. The number of aromatic carboxylic acids is 1. The second-order valence-corrected chi connectivity index (χ2v) is 6.00. The van der Waals surface area contributed by atoms with Gasteiger partial charge in [-0.05, 0) is 53.4 Å². The Kier molecular flexibility index (Phi) is 5.57. The van der Waals surface area contributed by atoms with Crippen molar-refractivity contribution in [3.8, 4) is 22.6 Å². The van der Waals surface area contributed by atoms with Gasteiger partial charge in [-0.25, -0.2) is 4.79 Å². The van der Waals surface area contributed by atoms with Gasteiger partial charge < -0.3 is 14.9 Å². The fraction of sp³-hybridized carbons (Fsp3) is 0.0870. The monoisotopic (exact) mass is 360 g/mol. The SMILES string of the molecule is CCOc1cc(C=Cc2ccc(-c3ccc(C(=O)O)cc3)cc2)ccc1O. The minimum absolute atomic E-state index is 0.132. The van der Waals surface area contributed by atoms with Crippen molar-refractivity contribution >= 4 is 18.1 Å². The topological polar surface area (TPSA) is 66.8 Å². The lowest BCUT2D eigenvalue weighted by Gasteiger charge is -2.06. The molecule has 0 unspecified atom stereocenters. The zero-order valence-corrected chi connectivity index (χ0v) is 14.9. The zero-order chi connectivity index (χ0) is 19.2. The first-order chi connectivity index (χ1) is 13.1. The maximum atomic E-state index is 10.9. The van der Waals surface area contributed by atoms with Gasteiger partial charge in [0.25, 0.3) is 0 Å². The number of ether oxygens (including phenoxy) is 1. The highest BCUT2D eigenvalue weighted by molar-refractivity contribution is 5.88. The summed E-state index contributed by atoms with van der Waals surface area (Å²) in [5, 5.41) is 18.7. The molecule has 0 fully saturated rings. The third-order valence-electron chi connectivity index (χ3n) is 4.13. The van der Waals surface area contributed by atoms with Crippen molar-refractivity contribution in [3.63, 3.8) is 0 Å². The lowest BCUT2D eigenvalue weighted by atomic mass is 10.0. The second kappa shape index (κ2) is 8.23. The van der Waals surface area contributed by atoms with E-state index in [4.69, 9.17) is 9.84 Å². The number of carbonyl (C=O) groups is 1. The van der Waals surface area contributed by atoms with E-state index in [1.165, 1.54) is 0 Å². The fourth-order valence-electron chi connectivity index (χ4n) is 2.69. The van der Waals surface area contributed by atoms with Crippen molar-refractivity contribution < 1.29 is 19.7 Å². The molecular weight excluding hydrogens is 340 g/mol. The minimum Gasteiger partial charge on any atom is -0.504 e. The molecule has 4 nitrogen and oxygen atoms in total. The van der Waals surface area contributed by atoms with Crippen LogP contribution < -0.4 is 4.74 Å². The quantitative estimate of drug-likeness (QED) is 0.583. The standard InChI is InChI=1S/C23H20O4/c1-2-27-22-15-17(7-14-21(22)24)4-3-16-5-8-18(9-6-16)19-10-12-20(13-11-19)23(25)26/h3-15,24H,2H2,1H3,(H,25,26). The molecule has 0 aliphatic carbocycles. The third kappa shape index (κ3) is 4.55. The van der Waals surface area contributed by atoms with Gasteiger partial charge in [0.15, 0.2) is 11.5 Å². The van der Waals surface area contributed by atoms with Crippen LogP contribution in [0.4, 0.5) is 0 Å². The summed E-state index contributed by atoms with van der Waals surface area (Å²) in [5.41, 5.74) is 4.23. The summed E-state index contributed by atoms with van der Waals surface area (Å²) >= 11 is 0. The van der Waals surface area contributed by atoms with Crippen LogP contribution in [0.3, 0.4) is 0 Å². The van der Waals surface area contributed by atoms with E-state index in [9.17, 15) is 9.90 Å². The van der Waals surface area contributed by atoms with Crippen LogP contribution >= 0.6 is 0 Å². The van der Waals surface area contributed by atoms with Crippen molar-refractivity contribution in [2.75, 3.05) is 6.61 Å². The summed E-state index contributed by atoms with van der Waals surface area (Å²) < 4.78 is 5.40. The van der Waals surface area contributed by atoms with Gasteiger partial charge in [-0.1, -0.05) is 54.6 Å². The molecule has 0 saturated carbocycles. The molecule has 3 aromatic rings. The normalized spacial score (nSPS) is 10.9. The van der Waals surface area contributed by atoms with Crippen LogP contribution in [0.25, 0.3) is 23.3 Å². The van der Waals surface area contributed by atoms with Crippen LogP contribution in [-0.4, -0.2) is 22.8 Å². The lowest BCUT2D eigenvalue weighted by Crippen LogP contribution is -1.94. The lowest BCUT2D eigenvalue weighted by molar-refractivity contribution is 0.0697. The Morgan fingerprint density at radius 2 is 1.44 bits per heavy atom. The van der Waals surface area contributed by atoms with Crippen LogP contribution in [0.1, 0.15) is 28.4 Å². The molecule has 0 amide bonds. The van der Waals surface area contributed by atoms with Crippen LogP contribution in [0, 0.1) is 0 Å². The van der Waals surface area contributed by atoms with Gasteiger partial charge in [-0.3, -0.25) is 0 Å². The molecule has 0 saturated heterocycles. The predicted octanol–water partition coefficient (Wildman–Crippen LogP) is 5.33. The van der Waals surface area contributed by atoms with Gasteiger partial charge >= 0.3 is 5.97 Å². The average Bonchev–Trinajstić information content (AvgIpc) is 2.69. The number of carboxylic acids is 1. The predicted molar refractivity (Wildman–Crippen MR) is 107 cm³/mol. The molecule has 4 heteroatoms. The molecule has 3 aromatic carbocycles. The number of aromatic hydroxyl groups is 1. The summed E-state index contributed by atoms with van der Waals surface area (Å²) in [7, 11) is 0. The van der Waals surface area contributed by atoms with Gasteiger partial charge in [0.1, 0.15) is 0 Å². The average molecular weight is 360 g/mol. The highest BCUT2D eigenvalue weighted by Gasteiger charge is 2.04. The van der Waals surface area contributed by atoms with E-state index in [0.717, 1.165) is 22.3 Å². The van der Waals surface area contributed by atoms with Crippen LogP contribution in [0.2, 0.25) is 0 Å². The van der Waals surface area contributed by atoms with E-state index in [-0.39, 0.29) is 11.3 Å². The van der Waals surface area contributed by atoms with Crippen molar-refractivity contribution in [2.24, 2.45) is 0 Å². The number of rotatable bonds is 6. The molecule has 0 radical (unpaired) electrons. The highest BCUT2D eigenvalue weighted by atomic mass is 16.5. The van der Waals surface area contributed by atoms with Crippen molar-refractivity contribution in [1.29, 1.82) is 0 Å². The first kappa shape index (κ1) is 18.3. The molecule has 2 N–H and O–H groups in total. The Labute approximate surface area is 158 Å². The molecular formula is C23H20O4. The molecule has 0 bridgehead atoms. The zero-order valence-electron chi connectivity index (χ0n) is 14.9. The van der Waals surface area contributed by atoms with Crippen LogP contribution in [0.5, 0.6) is 11.5 Å². The molecule has 0 aliphatic rings. The van der Waals surface area contributed by atoms with Crippen LogP contribution in [-0.2, 0) is 0 Å². The van der Waals surface area contributed by atoms with Gasteiger partial charge in [-0.15, -0.1) is 0 Å². The first-order valence-corrected chi connectivity index (χ1v) is 8.64. The van der Waals surface area contributed by atoms with Gasteiger partial charge in [-0.2, -0.15) is 0 Å². The van der Waals surface area contributed by atoms with E-state index in [1.54, 1.807) is 36.4 Å². The van der Waals surface area contributed by atoms with E-state index in [1.807, 2.05) is 49.4 Å². The van der Waals surface area contributed by atoms with E-state index >= 15 is 0 Å². The van der Waals surface area contributed by atoms with E-state index in [2.05, 4.69) is 0 Å². The summed E-state index contributed by atoms with van der Waals surface area (Å²) in [6, 6.07) is 20.1. The molecule has 0 aromatic heterocycles. The Morgan fingerprint density at radius 1 is 0.889 bits per heavy atom. The molecule has 0 aliphatic heterocycles. The highest BCUT2D eigenvalue weighted by Crippen LogP contribution is 2.28. The Hall–Kier alpha value is -3.53. The Morgan fingerprint density at radius 3 is 2.04 bits per heavy atom. The van der Waals surface area contributed by atoms with E-state index < -0.39 is 5.97 Å². The van der Waals surface area contributed by atoms with Gasteiger partial charge in [0.05, 0.1) is 12.2 Å². The number of carboxylic acid groups (broad SMARTS) is 1. The largest absolute Gasteiger partial charge is 0.504 e. The smallest absolute Gasteiger partial charge is 0.335 e. The Balaban J connectivity index is 1.74. The summed E-state index contributed by atoms with van der Waals surface area (Å²) in [6.07, 6.45) is 3.94. The number of phenols is 1. The van der Waals surface area contributed by atoms with Crippen molar-refractivity contribution in [2.45, 2.75) is 6.92 Å². The number of hydrogen-bond donors (Lipinski definition) is 2. The van der Waals surface area contributed by atoms with E-state index in [0.29, 0.717) is 12.4 Å². The van der Waals surface area contributed by atoms with Gasteiger partial charge in [0, 0.05) is 0 Å². The second-order valence-electron chi connectivity index (χ2n) is 6.00. The maximum absolute atomic E-state index is 10.9. The summed E-state index contributed by atoms with van der Waals surface area (Å²) in [4.78, 5) is 10.9. The molecule has 27 heavy (non-hydrogen) atoms. The molecule has 0 heterocycles. The maximum Gasteiger partial charge on any atom is 0.335 e. The summed E-state index contributed by atoms with van der Waals surface area (Å²) in [6.45, 7) is 2.37. The molecule has 0 spiro atoms.